The Morgan fingerprint density at radius 1 is 1.21 bits per heavy atom. The van der Waals surface area contributed by atoms with Crippen LogP contribution in [-0.2, 0) is 6.42 Å². The Hall–Kier alpha value is -1.02. The van der Waals surface area contributed by atoms with Crippen molar-refractivity contribution in [2.24, 2.45) is 5.92 Å². The monoisotopic (exact) mass is 259 g/mol. The first-order chi connectivity index (χ1) is 9.38. The molecule has 2 aliphatic carbocycles. The molecule has 104 valence electrons. The highest BCUT2D eigenvalue weighted by Gasteiger charge is 2.25. The molecule has 0 spiro atoms. The van der Waals surface area contributed by atoms with E-state index in [2.05, 4.69) is 30.4 Å². The van der Waals surface area contributed by atoms with Crippen LogP contribution in [0.25, 0.3) is 0 Å². The number of ether oxygens (including phenoxy) is 1. The fourth-order valence-electron chi connectivity index (χ4n) is 3.60. The zero-order valence-corrected chi connectivity index (χ0v) is 12.0. The molecular weight excluding hydrogens is 234 g/mol. The molecule has 3 rings (SSSR count). The van der Waals surface area contributed by atoms with Crippen molar-refractivity contribution < 1.29 is 4.74 Å². The van der Waals surface area contributed by atoms with Crippen LogP contribution in [0.4, 0.5) is 0 Å². The van der Waals surface area contributed by atoms with Gasteiger partial charge >= 0.3 is 0 Å². The average molecular weight is 259 g/mol. The smallest absolute Gasteiger partial charge is 0.122 e. The molecule has 2 nitrogen and oxygen atoms in total. The van der Waals surface area contributed by atoms with Gasteiger partial charge in [0.1, 0.15) is 5.75 Å². The first-order valence-electron chi connectivity index (χ1n) is 7.86. The molecule has 1 N–H and O–H groups in total. The molecule has 1 atom stereocenters. The number of rotatable bonds is 5. The molecule has 2 aliphatic rings. The molecular formula is C17H25NO. The molecule has 0 aromatic heterocycles. The summed E-state index contributed by atoms with van der Waals surface area (Å²) in [7, 11) is 0. The number of hydrogen-bond donors (Lipinski definition) is 1. The van der Waals surface area contributed by atoms with Crippen LogP contribution >= 0.6 is 0 Å². The van der Waals surface area contributed by atoms with Gasteiger partial charge in [0.15, 0.2) is 0 Å². The Morgan fingerprint density at radius 3 is 2.84 bits per heavy atom. The van der Waals surface area contributed by atoms with Crippen molar-refractivity contribution in [2.45, 2.75) is 51.5 Å². The Balaban J connectivity index is 1.69. The normalized spacial score (nSPS) is 22.7. The van der Waals surface area contributed by atoms with E-state index in [-0.39, 0.29) is 0 Å². The predicted octanol–water partition coefficient (Wildman–Crippen LogP) is 3.85. The maximum atomic E-state index is 6.13. The number of benzene rings is 1. The average Bonchev–Trinajstić information content (AvgIpc) is 3.07. The molecule has 1 unspecified atom stereocenters. The molecule has 0 radical (unpaired) electrons. The van der Waals surface area contributed by atoms with Gasteiger partial charge in [-0.25, -0.2) is 0 Å². The second-order valence-electron chi connectivity index (χ2n) is 5.93. The molecule has 1 fully saturated rings. The Kier molecular flexibility index (Phi) is 4.07. The zero-order chi connectivity index (χ0) is 13.1. The summed E-state index contributed by atoms with van der Waals surface area (Å²) < 4.78 is 6.13. The van der Waals surface area contributed by atoms with E-state index >= 15 is 0 Å². The second kappa shape index (κ2) is 5.96. The van der Waals surface area contributed by atoms with Crippen LogP contribution in [-0.4, -0.2) is 13.2 Å². The lowest BCUT2D eigenvalue weighted by atomic mass is 10.1. The van der Waals surface area contributed by atoms with Gasteiger partial charge < -0.3 is 10.1 Å². The van der Waals surface area contributed by atoms with Crippen molar-refractivity contribution in [3.05, 3.63) is 29.3 Å². The van der Waals surface area contributed by atoms with E-state index in [9.17, 15) is 0 Å². The van der Waals surface area contributed by atoms with Gasteiger partial charge in [0.05, 0.1) is 6.61 Å². The van der Waals surface area contributed by atoms with Gasteiger partial charge in [-0.2, -0.15) is 0 Å². The van der Waals surface area contributed by atoms with E-state index in [4.69, 9.17) is 4.74 Å². The van der Waals surface area contributed by atoms with Crippen molar-refractivity contribution in [1.29, 1.82) is 0 Å². The van der Waals surface area contributed by atoms with Gasteiger partial charge in [-0.05, 0) is 55.3 Å². The summed E-state index contributed by atoms with van der Waals surface area (Å²) >= 11 is 0. The summed E-state index contributed by atoms with van der Waals surface area (Å²) in [5.41, 5.74) is 2.91. The number of nitrogens with one attached hydrogen (secondary N) is 1. The standard InChI is InChI=1S/C17H25NO/c1-2-18-16-11-10-15-14(16)8-5-9-17(15)19-12-13-6-3-4-7-13/h5,8-9,13,16,18H,2-4,6-7,10-12H2,1H3. The minimum Gasteiger partial charge on any atom is -0.493 e. The van der Waals surface area contributed by atoms with Crippen LogP contribution in [0.15, 0.2) is 18.2 Å². The largest absolute Gasteiger partial charge is 0.493 e. The van der Waals surface area contributed by atoms with Gasteiger partial charge in [-0.3, -0.25) is 0 Å². The Bertz CT molecular complexity index is 423. The summed E-state index contributed by atoms with van der Waals surface area (Å²) in [4.78, 5) is 0. The van der Waals surface area contributed by atoms with Crippen LogP contribution in [0.2, 0.25) is 0 Å². The highest BCUT2D eigenvalue weighted by molar-refractivity contribution is 5.45. The van der Waals surface area contributed by atoms with Crippen LogP contribution in [0, 0.1) is 5.92 Å². The molecule has 1 aromatic carbocycles. The summed E-state index contributed by atoms with van der Waals surface area (Å²) in [5.74, 6) is 1.94. The first kappa shape index (κ1) is 13.0. The molecule has 0 heterocycles. The summed E-state index contributed by atoms with van der Waals surface area (Å²) in [6.45, 7) is 4.14. The zero-order valence-electron chi connectivity index (χ0n) is 12.0. The minimum absolute atomic E-state index is 0.537. The summed E-state index contributed by atoms with van der Waals surface area (Å²) in [5, 5.41) is 3.57. The molecule has 2 heteroatoms. The number of hydrogen-bond acceptors (Lipinski definition) is 2. The van der Waals surface area contributed by atoms with Gasteiger partial charge in [0, 0.05) is 6.04 Å². The fraction of sp³-hybridized carbons (Fsp3) is 0.647. The topological polar surface area (TPSA) is 21.3 Å². The fourth-order valence-corrected chi connectivity index (χ4v) is 3.60. The van der Waals surface area contributed by atoms with E-state index in [1.54, 1.807) is 0 Å². The lowest BCUT2D eigenvalue weighted by molar-refractivity contribution is 0.250. The van der Waals surface area contributed by atoms with Gasteiger partial charge in [-0.1, -0.05) is 31.9 Å². The molecule has 0 aliphatic heterocycles. The minimum atomic E-state index is 0.537. The molecule has 0 saturated heterocycles. The molecule has 0 amide bonds. The van der Waals surface area contributed by atoms with E-state index in [1.807, 2.05) is 0 Å². The Labute approximate surface area is 116 Å². The first-order valence-corrected chi connectivity index (χ1v) is 7.86. The maximum absolute atomic E-state index is 6.13. The third-order valence-corrected chi connectivity index (χ3v) is 4.63. The summed E-state index contributed by atoms with van der Waals surface area (Å²) in [6, 6.07) is 7.11. The van der Waals surface area contributed by atoms with Crippen LogP contribution in [0.1, 0.15) is 56.2 Å². The lowest BCUT2D eigenvalue weighted by Gasteiger charge is -2.16. The Morgan fingerprint density at radius 2 is 2.05 bits per heavy atom. The molecule has 0 bridgehead atoms. The van der Waals surface area contributed by atoms with Gasteiger partial charge in [-0.15, -0.1) is 0 Å². The molecule has 19 heavy (non-hydrogen) atoms. The summed E-state index contributed by atoms with van der Waals surface area (Å²) in [6.07, 6.45) is 7.87. The van der Waals surface area contributed by atoms with Crippen molar-refractivity contribution in [2.75, 3.05) is 13.2 Å². The molecule has 1 saturated carbocycles. The molecule has 1 aromatic rings. The van der Waals surface area contributed by atoms with Crippen molar-refractivity contribution in [3.8, 4) is 5.75 Å². The van der Waals surface area contributed by atoms with Crippen LogP contribution in [0.3, 0.4) is 0 Å². The van der Waals surface area contributed by atoms with E-state index in [1.165, 1.54) is 43.2 Å². The third-order valence-electron chi connectivity index (χ3n) is 4.63. The lowest BCUT2D eigenvalue weighted by Crippen LogP contribution is -2.18. The van der Waals surface area contributed by atoms with E-state index in [0.29, 0.717) is 6.04 Å². The SMILES string of the molecule is CCNC1CCc2c(OCC3CCCC3)cccc21. The quantitative estimate of drug-likeness (QED) is 0.867. The second-order valence-corrected chi connectivity index (χ2v) is 5.93. The van der Waals surface area contributed by atoms with Gasteiger partial charge in [0.25, 0.3) is 0 Å². The van der Waals surface area contributed by atoms with Crippen LogP contribution in [0.5, 0.6) is 5.75 Å². The third kappa shape index (κ3) is 2.79. The van der Waals surface area contributed by atoms with Gasteiger partial charge in [0.2, 0.25) is 0 Å². The van der Waals surface area contributed by atoms with Crippen molar-refractivity contribution >= 4 is 0 Å². The number of fused-ring (bicyclic) bond motifs is 1. The van der Waals surface area contributed by atoms with Crippen LogP contribution < -0.4 is 10.1 Å². The predicted molar refractivity (Wildman–Crippen MR) is 78.6 cm³/mol. The maximum Gasteiger partial charge on any atom is 0.122 e. The van der Waals surface area contributed by atoms with Crippen molar-refractivity contribution in [3.63, 3.8) is 0 Å². The van der Waals surface area contributed by atoms with Crippen molar-refractivity contribution in [1.82, 2.24) is 5.32 Å². The van der Waals surface area contributed by atoms with E-state index < -0.39 is 0 Å². The highest BCUT2D eigenvalue weighted by atomic mass is 16.5. The highest BCUT2D eigenvalue weighted by Crippen LogP contribution is 2.37. The van der Waals surface area contributed by atoms with E-state index in [0.717, 1.165) is 31.2 Å².